The first kappa shape index (κ1) is 29.5. The molecule has 0 radical (unpaired) electrons. The van der Waals surface area contributed by atoms with Crippen LogP contribution in [0, 0.1) is 30.1 Å². The molecular formula is C32H40FN5O4. The van der Waals surface area contributed by atoms with Crippen molar-refractivity contribution in [1.29, 1.82) is 5.41 Å². The molecule has 1 aromatic carbocycles. The Hall–Kier alpha value is -3.95. The molecule has 2 aromatic heterocycles. The molecule has 0 spiro atoms. The number of amides is 1. The Morgan fingerprint density at radius 1 is 1.14 bits per heavy atom. The number of halogens is 1. The van der Waals surface area contributed by atoms with E-state index in [0.717, 1.165) is 37.7 Å². The zero-order valence-corrected chi connectivity index (χ0v) is 25.0. The highest BCUT2D eigenvalue weighted by Crippen LogP contribution is 2.42. The Balaban J connectivity index is 1.35. The van der Waals surface area contributed by atoms with Crippen molar-refractivity contribution in [2.45, 2.75) is 78.0 Å². The summed E-state index contributed by atoms with van der Waals surface area (Å²) in [6, 6.07) is 6.89. The largest absolute Gasteiger partial charge is 0.491 e. The fourth-order valence-corrected chi connectivity index (χ4v) is 6.06. The highest BCUT2D eigenvalue weighted by atomic mass is 19.1. The van der Waals surface area contributed by atoms with Gasteiger partial charge in [0.05, 0.1) is 24.6 Å². The third kappa shape index (κ3) is 6.58. The number of benzene rings is 1. The standard InChI is InChI=1S/C32H40FN5O4/c1-19-24(10-11-27(33)35-19)25-15-21(17-38-13-12-37(5)30(38)34)16-26-28(39)22(18-41-29(25)26)14-20-6-8-23(9-7-20)36-31(40)42-32(2,3)4/h10-13,15-16,20,22-23,34H,6-9,14,17-18H2,1-5H3,(H,36,40)/t20?,22-,23?/m0/s1. The third-order valence-corrected chi connectivity index (χ3v) is 8.17. The number of Topliss-reactive ketones (excluding diaryl/α,β-unsaturated/α-hetero) is 1. The van der Waals surface area contributed by atoms with Crippen LogP contribution in [0.1, 0.15) is 74.5 Å². The van der Waals surface area contributed by atoms with E-state index >= 15 is 0 Å². The minimum absolute atomic E-state index is 0.0465. The van der Waals surface area contributed by atoms with Crippen LogP contribution in [0.4, 0.5) is 9.18 Å². The minimum atomic E-state index is -0.562. The first-order valence-electron chi connectivity index (χ1n) is 14.6. The zero-order chi connectivity index (χ0) is 30.2. The van der Waals surface area contributed by atoms with Crippen LogP contribution >= 0.6 is 0 Å². The molecule has 2 N–H and O–H groups in total. The van der Waals surface area contributed by atoms with Gasteiger partial charge in [-0.2, -0.15) is 4.39 Å². The maximum absolute atomic E-state index is 14.0. The van der Waals surface area contributed by atoms with E-state index in [-0.39, 0.29) is 30.4 Å². The Morgan fingerprint density at radius 2 is 1.86 bits per heavy atom. The van der Waals surface area contributed by atoms with E-state index in [1.165, 1.54) is 6.07 Å². The fourth-order valence-electron chi connectivity index (χ4n) is 6.06. The number of ether oxygens (including phenoxy) is 2. The molecule has 1 aliphatic carbocycles. The van der Waals surface area contributed by atoms with Crippen molar-refractivity contribution in [2.75, 3.05) is 6.61 Å². The van der Waals surface area contributed by atoms with Crippen molar-refractivity contribution in [2.24, 2.45) is 18.9 Å². The van der Waals surface area contributed by atoms with Gasteiger partial charge in [0.1, 0.15) is 11.4 Å². The van der Waals surface area contributed by atoms with Crippen molar-refractivity contribution in [3.8, 4) is 16.9 Å². The number of imidazole rings is 1. The third-order valence-electron chi connectivity index (χ3n) is 8.17. The van der Waals surface area contributed by atoms with Crippen LogP contribution < -0.4 is 15.7 Å². The van der Waals surface area contributed by atoms with E-state index in [0.29, 0.717) is 46.2 Å². The summed E-state index contributed by atoms with van der Waals surface area (Å²) in [7, 11) is 1.81. The Morgan fingerprint density at radius 3 is 2.50 bits per heavy atom. The number of nitrogens with zero attached hydrogens (tertiary/aromatic N) is 3. The number of carbonyl (C=O) groups excluding carboxylic acids is 2. The van der Waals surface area contributed by atoms with Gasteiger partial charge < -0.3 is 23.9 Å². The molecule has 0 bridgehead atoms. The van der Waals surface area contributed by atoms with Crippen LogP contribution in [-0.4, -0.2) is 44.2 Å². The summed E-state index contributed by atoms with van der Waals surface area (Å²) in [5.74, 6) is 0.0754. The number of carbonyl (C=O) groups is 2. The quantitative estimate of drug-likeness (QED) is 0.375. The van der Waals surface area contributed by atoms with E-state index in [1.807, 2.05) is 52.3 Å². The molecule has 3 aromatic rings. The molecule has 1 fully saturated rings. The number of ketones is 1. The average Bonchev–Trinajstić information content (AvgIpc) is 3.22. The summed E-state index contributed by atoms with van der Waals surface area (Å²) in [5, 5.41) is 11.3. The lowest BCUT2D eigenvalue weighted by Gasteiger charge is -2.33. The molecule has 1 atom stereocenters. The Bertz CT molecular complexity index is 1550. The highest BCUT2D eigenvalue weighted by Gasteiger charge is 2.35. The smallest absolute Gasteiger partial charge is 0.407 e. The van der Waals surface area contributed by atoms with E-state index < -0.39 is 11.5 Å². The maximum Gasteiger partial charge on any atom is 0.407 e. The van der Waals surface area contributed by atoms with Gasteiger partial charge in [-0.3, -0.25) is 10.2 Å². The SMILES string of the molecule is Cc1nc(F)ccc1-c1cc(Cn2ccn(C)c2=N)cc2c1OC[C@H](CC1CCC(NC(=O)OC(C)(C)C)CC1)C2=O. The van der Waals surface area contributed by atoms with Gasteiger partial charge in [-0.15, -0.1) is 0 Å². The summed E-state index contributed by atoms with van der Waals surface area (Å²) >= 11 is 0. The Kier molecular flexibility index (Phi) is 8.25. The molecule has 2 aliphatic rings. The van der Waals surface area contributed by atoms with Gasteiger partial charge in [-0.1, -0.05) is 0 Å². The number of rotatable bonds is 6. The number of aromatic nitrogens is 3. The zero-order valence-electron chi connectivity index (χ0n) is 25.0. The van der Waals surface area contributed by atoms with E-state index in [1.54, 1.807) is 22.1 Å². The van der Waals surface area contributed by atoms with Gasteiger partial charge in [0.25, 0.3) is 0 Å². The predicted octanol–water partition coefficient (Wildman–Crippen LogP) is 5.53. The molecular weight excluding hydrogens is 537 g/mol. The van der Waals surface area contributed by atoms with Crippen LogP contribution in [-0.2, 0) is 18.3 Å². The van der Waals surface area contributed by atoms with Crippen LogP contribution in [0.5, 0.6) is 5.75 Å². The van der Waals surface area contributed by atoms with Crippen LogP contribution in [0.15, 0.2) is 36.7 Å². The molecule has 42 heavy (non-hydrogen) atoms. The monoisotopic (exact) mass is 577 g/mol. The fraction of sp³-hybridized carbons (Fsp3) is 0.500. The normalized spacial score (nSPS) is 20.5. The van der Waals surface area contributed by atoms with Gasteiger partial charge in [0.2, 0.25) is 11.6 Å². The van der Waals surface area contributed by atoms with Crippen LogP contribution in [0.25, 0.3) is 11.1 Å². The van der Waals surface area contributed by atoms with Crippen molar-refractivity contribution in [3.05, 3.63) is 65.0 Å². The van der Waals surface area contributed by atoms with Gasteiger partial charge >= 0.3 is 6.09 Å². The van der Waals surface area contributed by atoms with Gasteiger partial charge in [0.15, 0.2) is 5.78 Å². The topological polar surface area (TPSA) is 111 Å². The number of pyridine rings is 1. The lowest BCUT2D eigenvalue weighted by Crippen LogP contribution is -2.41. The second-order valence-corrected chi connectivity index (χ2v) is 12.6. The van der Waals surface area contributed by atoms with Crippen LogP contribution in [0.2, 0.25) is 0 Å². The molecule has 0 unspecified atom stereocenters. The van der Waals surface area contributed by atoms with Crippen molar-refractivity contribution < 1.29 is 23.5 Å². The average molecular weight is 578 g/mol. The molecule has 5 rings (SSSR count). The number of alkyl carbamates (subject to hydrolysis) is 1. The molecule has 1 saturated carbocycles. The lowest BCUT2D eigenvalue weighted by atomic mass is 9.78. The van der Waals surface area contributed by atoms with E-state index in [9.17, 15) is 14.0 Å². The minimum Gasteiger partial charge on any atom is -0.491 e. The maximum atomic E-state index is 14.0. The van der Waals surface area contributed by atoms with Gasteiger partial charge in [-0.05, 0) is 95.5 Å². The summed E-state index contributed by atoms with van der Waals surface area (Å²) in [6.07, 6.45) is 7.51. The molecule has 224 valence electrons. The van der Waals surface area contributed by atoms with Crippen molar-refractivity contribution >= 4 is 11.9 Å². The van der Waals surface area contributed by atoms with E-state index in [2.05, 4.69) is 10.3 Å². The summed E-state index contributed by atoms with van der Waals surface area (Å²) < 4.78 is 29.1. The predicted molar refractivity (Wildman–Crippen MR) is 156 cm³/mol. The Labute approximate surface area is 245 Å². The number of aryl methyl sites for hydroxylation is 2. The number of nitrogens with one attached hydrogen (secondary N) is 2. The second kappa shape index (κ2) is 11.7. The summed E-state index contributed by atoms with van der Waals surface area (Å²) in [4.78, 5) is 30.1. The molecule has 1 aliphatic heterocycles. The molecule has 3 heterocycles. The molecule has 0 saturated heterocycles. The lowest BCUT2D eigenvalue weighted by molar-refractivity contribution is 0.0484. The first-order chi connectivity index (χ1) is 19.9. The number of hydrogen-bond donors (Lipinski definition) is 2. The number of hydrogen-bond acceptors (Lipinski definition) is 6. The summed E-state index contributed by atoms with van der Waals surface area (Å²) in [5.41, 5.74) is 3.10. The molecule has 10 heteroatoms. The van der Waals surface area contributed by atoms with Gasteiger partial charge in [0, 0.05) is 42.3 Å². The van der Waals surface area contributed by atoms with E-state index in [4.69, 9.17) is 14.9 Å². The van der Waals surface area contributed by atoms with Crippen LogP contribution in [0.3, 0.4) is 0 Å². The molecule has 9 nitrogen and oxygen atoms in total. The second-order valence-electron chi connectivity index (χ2n) is 12.6. The van der Waals surface area contributed by atoms with Gasteiger partial charge in [-0.25, -0.2) is 9.78 Å². The highest BCUT2D eigenvalue weighted by molar-refractivity contribution is 6.03. The van der Waals surface area contributed by atoms with Crippen molar-refractivity contribution in [1.82, 2.24) is 19.4 Å². The summed E-state index contributed by atoms with van der Waals surface area (Å²) in [6.45, 7) is 7.98. The number of fused-ring (bicyclic) bond motifs is 1. The van der Waals surface area contributed by atoms with Crippen molar-refractivity contribution in [3.63, 3.8) is 0 Å². The first-order valence-corrected chi connectivity index (χ1v) is 14.6. The molecule has 1 amide bonds.